The van der Waals surface area contributed by atoms with Crippen LogP contribution in [0.2, 0.25) is 0 Å². The topological polar surface area (TPSA) is 29.1 Å². The fourth-order valence-electron chi connectivity index (χ4n) is 0.792. The lowest BCUT2D eigenvalue weighted by atomic mass is 10.1. The van der Waals surface area contributed by atoms with Crippen molar-refractivity contribution in [3.8, 4) is 0 Å². The molecule has 1 rings (SSSR count). The van der Waals surface area contributed by atoms with Gasteiger partial charge in [0, 0.05) is 16.9 Å². The first kappa shape index (κ1) is 6.32. The lowest BCUT2D eigenvalue weighted by molar-refractivity contribution is -0.121. The van der Waals surface area contributed by atoms with E-state index in [1.807, 2.05) is 0 Å². The molecule has 1 amide bonds. The minimum Gasteiger partial charge on any atom is -0.356 e. The van der Waals surface area contributed by atoms with Crippen LogP contribution in [0.5, 0.6) is 0 Å². The van der Waals surface area contributed by atoms with Crippen LogP contribution < -0.4 is 5.32 Å². The van der Waals surface area contributed by atoms with E-state index < -0.39 is 0 Å². The second kappa shape index (κ2) is 2.66. The smallest absolute Gasteiger partial charge is 0.223 e. The molecule has 1 heterocycles. The predicted molar refractivity (Wildman–Crippen MR) is 40.0 cm³/mol. The average Bonchev–Trinajstić information content (AvgIpc) is 2.14. The quantitative estimate of drug-likeness (QED) is 0.512. The van der Waals surface area contributed by atoms with E-state index in [-0.39, 0.29) is 5.91 Å². The predicted octanol–water partition coefficient (Wildman–Crippen LogP) is 0.558. The molecule has 1 N–H and O–H groups in total. The van der Waals surface area contributed by atoms with Gasteiger partial charge in [-0.2, -0.15) is 0 Å². The van der Waals surface area contributed by atoms with Gasteiger partial charge in [-0.3, -0.25) is 4.79 Å². The van der Waals surface area contributed by atoms with Gasteiger partial charge in [0.05, 0.1) is 0 Å². The summed E-state index contributed by atoms with van der Waals surface area (Å²) >= 11 is 2.24. The Morgan fingerprint density at radius 2 is 2.62 bits per heavy atom. The maximum Gasteiger partial charge on any atom is 0.223 e. The number of amides is 1. The van der Waals surface area contributed by atoms with Crippen molar-refractivity contribution >= 4 is 28.5 Å². The molecule has 1 saturated heterocycles. The van der Waals surface area contributed by atoms with E-state index in [0.29, 0.717) is 5.92 Å². The Bertz CT molecular complexity index is 105. The zero-order chi connectivity index (χ0) is 5.98. The van der Waals surface area contributed by atoms with Crippen molar-refractivity contribution in [3.63, 3.8) is 0 Å². The van der Waals surface area contributed by atoms with Crippen molar-refractivity contribution in [1.82, 2.24) is 5.32 Å². The molecule has 0 aliphatic carbocycles. The normalized spacial score (nSPS) is 28.1. The molecule has 1 fully saturated rings. The number of carbonyl (C=O) groups is 1. The van der Waals surface area contributed by atoms with Crippen molar-refractivity contribution in [3.05, 3.63) is 0 Å². The third kappa shape index (κ3) is 1.13. The highest BCUT2D eigenvalue weighted by Crippen LogP contribution is 2.11. The van der Waals surface area contributed by atoms with Gasteiger partial charge in [0.2, 0.25) is 5.91 Å². The van der Waals surface area contributed by atoms with Gasteiger partial charge >= 0.3 is 0 Å². The Morgan fingerprint density at radius 1 is 1.88 bits per heavy atom. The summed E-state index contributed by atoms with van der Waals surface area (Å²) in [5, 5.41) is 2.78. The zero-order valence-electron chi connectivity index (χ0n) is 4.48. The molecule has 0 radical (unpaired) electrons. The van der Waals surface area contributed by atoms with Crippen LogP contribution in [0, 0.1) is 5.92 Å². The minimum absolute atomic E-state index is 0.236. The molecule has 8 heavy (non-hydrogen) atoms. The summed E-state index contributed by atoms with van der Waals surface area (Å²) in [6, 6.07) is 0. The second-order valence-electron chi connectivity index (χ2n) is 1.93. The molecule has 1 aliphatic rings. The highest BCUT2D eigenvalue weighted by atomic mass is 127. The summed E-state index contributed by atoms with van der Waals surface area (Å²) < 4.78 is 0.962. The van der Waals surface area contributed by atoms with Gasteiger partial charge in [-0.25, -0.2) is 0 Å². The van der Waals surface area contributed by atoms with Gasteiger partial charge in [0.15, 0.2) is 0 Å². The highest BCUT2D eigenvalue weighted by molar-refractivity contribution is 14.1. The average molecular weight is 225 g/mol. The Kier molecular flexibility index (Phi) is 2.10. The summed E-state index contributed by atoms with van der Waals surface area (Å²) in [6.45, 7) is 0.881. The Balaban J connectivity index is 2.42. The van der Waals surface area contributed by atoms with Crippen LogP contribution in [0.15, 0.2) is 0 Å². The van der Waals surface area contributed by atoms with Crippen molar-refractivity contribution < 1.29 is 4.79 Å². The van der Waals surface area contributed by atoms with Crippen LogP contribution >= 0.6 is 22.6 Å². The number of carbonyl (C=O) groups excluding carboxylic acids is 1. The number of hydrogen-bond donors (Lipinski definition) is 1. The third-order valence-corrected chi connectivity index (χ3v) is 2.41. The molecule has 0 aromatic heterocycles. The number of halogens is 1. The highest BCUT2D eigenvalue weighted by Gasteiger charge is 2.21. The van der Waals surface area contributed by atoms with E-state index in [0.717, 1.165) is 17.4 Å². The van der Waals surface area contributed by atoms with Crippen molar-refractivity contribution in [2.75, 3.05) is 11.0 Å². The summed E-state index contributed by atoms with van der Waals surface area (Å²) in [6.07, 6.45) is 1.03. The molecule has 0 aromatic rings. The summed E-state index contributed by atoms with van der Waals surface area (Å²) in [7, 11) is 0. The van der Waals surface area contributed by atoms with Gasteiger partial charge in [-0.05, 0) is 6.42 Å². The lowest BCUT2D eigenvalue weighted by Crippen LogP contribution is -2.19. The van der Waals surface area contributed by atoms with Crippen LogP contribution in [-0.2, 0) is 4.79 Å². The monoisotopic (exact) mass is 225 g/mol. The molecule has 0 spiro atoms. The van der Waals surface area contributed by atoms with Crippen LogP contribution in [0.25, 0.3) is 0 Å². The van der Waals surface area contributed by atoms with E-state index in [1.165, 1.54) is 0 Å². The molecule has 1 atom stereocenters. The van der Waals surface area contributed by atoms with Gasteiger partial charge < -0.3 is 5.32 Å². The van der Waals surface area contributed by atoms with Crippen LogP contribution in [0.3, 0.4) is 0 Å². The van der Waals surface area contributed by atoms with Gasteiger partial charge in [0.1, 0.15) is 0 Å². The summed E-state index contributed by atoms with van der Waals surface area (Å²) in [5.74, 6) is 0.537. The van der Waals surface area contributed by atoms with E-state index >= 15 is 0 Å². The molecule has 0 bridgehead atoms. The Morgan fingerprint density at radius 3 is 2.88 bits per heavy atom. The number of nitrogens with one attached hydrogen (secondary N) is 1. The van der Waals surface area contributed by atoms with Crippen molar-refractivity contribution in [1.29, 1.82) is 0 Å². The van der Waals surface area contributed by atoms with Gasteiger partial charge in [0.25, 0.3) is 0 Å². The van der Waals surface area contributed by atoms with E-state index in [2.05, 4.69) is 27.9 Å². The maximum atomic E-state index is 10.7. The van der Waals surface area contributed by atoms with Crippen molar-refractivity contribution in [2.45, 2.75) is 6.42 Å². The molecule has 3 heteroatoms. The van der Waals surface area contributed by atoms with Crippen LogP contribution in [-0.4, -0.2) is 16.9 Å². The second-order valence-corrected chi connectivity index (χ2v) is 2.81. The van der Waals surface area contributed by atoms with E-state index in [1.54, 1.807) is 0 Å². The molecule has 1 unspecified atom stereocenters. The molecular weight excluding hydrogens is 217 g/mol. The first-order valence-corrected chi connectivity index (χ1v) is 4.21. The molecule has 0 saturated carbocycles. The number of hydrogen-bond acceptors (Lipinski definition) is 1. The first-order chi connectivity index (χ1) is 3.84. The fraction of sp³-hybridized carbons (Fsp3) is 0.800. The Labute approximate surface area is 62.2 Å². The third-order valence-electron chi connectivity index (χ3n) is 1.35. The lowest BCUT2D eigenvalue weighted by Gasteiger charge is -1.96. The number of rotatable bonds is 1. The molecule has 46 valence electrons. The van der Waals surface area contributed by atoms with E-state index in [4.69, 9.17) is 0 Å². The maximum absolute atomic E-state index is 10.7. The van der Waals surface area contributed by atoms with Gasteiger partial charge in [-0.15, -0.1) is 0 Å². The molecule has 2 nitrogen and oxygen atoms in total. The van der Waals surface area contributed by atoms with Crippen molar-refractivity contribution in [2.24, 2.45) is 5.92 Å². The molecule has 0 aromatic carbocycles. The Hall–Kier alpha value is 0.200. The van der Waals surface area contributed by atoms with Gasteiger partial charge in [-0.1, -0.05) is 22.6 Å². The molecular formula is C5H8INO. The zero-order valence-corrected chi connectivity index (χ0v) is 6.64. The summed E-state index contributed by atoms with van der Waals surface area (Å²) in [5.41, 5.74) is 0. The number of alkyl halides is 1. The SMILES string of the molecule is O=C1NCCC1CI. The largest absolute Gasteiger partial charge is 0.356 e. The fourth-order valence-corrected chi connectivity index (χ4v) is 1.63. The minimum atomic E-state index is 0.236. The molecule has 1 aliphatic heterocycles. The summed E-state index contributed by atoms with van der Waals surface area (Å²) in [4.78, 5) is 10.7. The van der Waals surface area contributed by atoms with Crippen LogP contribution in [0.1, 0.15) is 6.42 Å². The standard InChI is InChI=1S/C5H8INO/c6-3-4-1-2-7-5(4)8/h4H,1-3H2,(H,7,8). The van der Waals surface area contributed by atoms with Crippen LogP contribution in [0.4, 0.5) is 0 Å². The first-order valence-electron chi connectivity index (χ1n) is 2.68. The van der Waals surface area contributed by atoms with E-state index in [9.17, 15) is 4.79 Å².